The Kier molecular flexibility index (Phi) is 4.39. The van der Waals surface area contributed by atoms with Crippen LogP contribution in [-0.2, 0) is 5.75 Å². The highest BCUT2D eigenvalue weighted by molar-refractivity contribution is 7.98. The SMILES string of the molecule is CCNc1ncc(CSc2ccc(F)cc2)s1. The van der Waals surface area contributed by atoms with E-state index in [0.29, 0.717) is 0 Å². The van der Waals surface area contributed by atoms with Gasteiger partial charge in [0.05, 0.1) is 0 Å². The maximum atomic E-state index is 12.7. The predicted octanol–water partition coefficient (Wildman–Crippen LogP) is 4.01. The van der Waals surface area contributed by atoms with Gasteiger partial charge in [-0.05, 0) is 31.2 Å². The van der Waals surface area contributed by atoms with Crippen LogP contribution in [0.4, 0.5) is 9.52 Å². The van der Waals surface area contributed by atoms with E-state index < -0.39 is 0 Å². The first-order valence-corrected chi connectivity index (χ1v) is 7.15. The number of benzene rings is 1. The number of rotatable bonds is 5. The molecule has 1 N–H and O–H groups in total. The van der Waals surface area contributed by atoms with Crippen LogP contribution in [-0.4, -0.2) is 11.5 Å². The summed E-state index contributed by atoms with van der Waals surface area (Å²) in [5, 5.41) is 4.14. The molecule has 0 spiro atoms. The standard InChI is InChI=1S/C12H13FN2S2/c1-2-14-12-15-7-11(17-12)8-16-10-5-3-9(13)4-6-10/h3-7H,2,8H2,1H3,(H,14,15). The molecule has 0 saturated carbocycles. The molecule has 2 rings (SSSR count). The molecule has 0 unspecified atom stereocenters. The van der Waals surface area contributed by atoms with Gasteiger partial charge in [0.15, 0.2) is 5.13 Å². The lowest BCUT2D eigenvalue weighted by Gasteiger charge is -1.98. The summed E-state index contributed by atoms with van der Waals surface area (Å²) in [5.74, 6) is 0.677. The fraction of sp³-hybridized carbons (Fsp3) is 0.250. The Morgan fingerprint density at radius 2 is 2.12 bits per heavy atom. The van der Waals surface area contributed by atoms with E-state index in [2.05, 4.69) is 10.3 Å². The average Bonchev–Trinajstić information content (AvgIpc) is 2.77. The number of hydrogen-bond acceptors (Lipinski definition) is 4. The molecule has 0 saturated heterocycles. The highest BCUT2D eigenvalue weighted by Gasteiger charge is 2.02. The van der Waals surface area contributed by atoms with Crippen LogP contribution in [0, 0.1) is 5.82 Å². The minimum Gasteiger partial charge on any atom is -0.362 e. The first-order valence-electron chi connectivity index (χ1n) is 5.35. The van der Waals surface area contributed by atoms with Crippen LogP contribution in [0.3, 0.4) is 0 Å². The maximum absolute atomic E-state index is 12.7. The van der Waals surface area contributed by atoms with Crippen molar-refractivity contribution in [2.24, 2.45) is 0 Å². The fourth-order valence-corrected chi connectivity index (χ4v) is 3.09. The summed E-state index contributed by atoms with van der Waals surface area (Å²) in [4.78, 5) is 6.56. The summed E-state index contributed by atoms with van der Waals surface area (Å²) in [7, 11) is 0. The Morgan fingerprint density at radius 1 is 1.35 bits per heavy atom. The van der Waals surface area contributed by atoms with E-state index in [9.17, 15) is 4.39 Å². The van der Waals surface area contributed by atoms with Gasteiger partial charge in [0.2, 0.25) is 0 Å². The first kappa shape index (κ1) is 12.4. The lowest BCUT2D eigenvalue weighted by Crippen LogP contribution is -1.94. The van der Waals surface area contributed by atoms with E-state index in [1.807, 2.05) is 13.1 Å². The van der Waals surface area contributed by atoms with Crippen molar-refractivity contribution in [3.63, 3.8) is 0 Å². The molecule has 17 heavy (non-hydrogen) atoms. The second-order valence-corrected chi connectivity index (χ2v) is 5.57. The van der Waals surface area contributed by atoms with Crippen LogP contribution in [0.25, 0.3) is 0 Å². The van der Waals surface area contributed by atoms with Gasteiger partial charge in [-0.2, -0.15) is 0 Å². The third kappa shape index (κ3) is 3.71. The zero-order chi connectivity index (χ0) is 12.1. The Balaban J connectivity index is 1.90. The van der Waals surface area contributed by atoms with Gasteiger partial charge in [-0.15, -0.1) is 23.1 Å². The van der Waals surface area contributed by atoms with Crippen molar-refractivity contribution >= 4 is 28.2 Å². The van der Waals surface area contributed by atoms with Crippen molar-refractivity contribution in [1.82, 2.24) is 4.98 Å². The number of anilines is 1. The van der Waals surface area contributed by atoms with Gasteiger partial charge in [-0.25, -0.2) is 9.37 Å². The summed E-state index contributed by atoms with van der Waals surface area (Å²) in [6.07, 6.45) is 1.89. The molecule has 2 nitrogen and oxygen atoms in total. The van der Waals surface area contributed by atoms with Gasteiger partial charge in [0.25, 0.3) is 0 Å². The molecule has 0 radical (unpaired) electrons. The number of halogens is 1. The molecule has 0 amide bonds. The van der Waals surface area contributed by atoms with Crippen LogP contribution in [0.1, 0.15) is 11.8 Å². The van der Waals surface area contributed by atoms with Crippen molar-refractivity contribution in [1.29, 1.82) is 0 Å². The zero-order valence-electron chi connectivity index (χ0n) is 9.44. The second kappa shape index (κ2) is 6.02. The summed E-state index contributed by atoms with van der Waals surface area (Å²) >= 11 is 3.35. The minimum absolute atomic E-state index is 0.193. The third-order valence-corrected chi connectivity index (χ3v) is 4.27. The minimum atomic E-state index is -0.193. The molecule has 0 aliphatic rings. The lowest BCUT2D eigenvalue weighted by atomic mass is 10.4. The Labute approximate surface area is 108 Å². The van der Waals surface area contributed by atoms with Crippen molar-refractivity contribution in [3.05, 3.63) is 41.2 Å². The average molecular weight is 268 g/mol. The summed E-state index contributed by atoms with van der Waals surface area (Å²) < 4.78 is 12.7. The summed E-state index contributed by atoms with van der Waals surface area (Å²) in [6, 6.07) is 6.57. The number of aromatic nitrogens is 1. The number of hydrogen-bond donors (Lipinski definition) is 1. The van der Waals surface area contributed by atoms with Crippen LogP contribution in [0.5, 0.6) is 0 Å². The van der Waals surface area contributed by atoms with Crippen molar-refractivity contribution in [2.45, 2.75) is 17.6 Å². The zero-order valence-corrected chi connectivity index (χ0v) is 11.1. The number of thioether (sulfide) groups is 1. The highest BCUT2D eigenvalue weighted by Crippen LogP contribution is 2.27. The first-order chi connectivity index (χ1) is 8.28. The van der Waals surface area contributed by atoms with Gasteiger partial charge in [0, 0.05) is 28.3 Å². The number of nitrogens with zero attached hydrogens (tertiary/aromatic N) is 1. The molecule has 0 aliphatic heterocycles. The molecule has 0 aliphatic carbocycles. The van der Waals surface area contributed by atoms with Crippen molar-refractivity contribution < 1.29 is 4.39 Å². The predicted molar refractivity (Wildman–Crippen MR) is 72.2 cm³/mol. The lowest BCUT2D eigenvalue weighted by molar-refractivity contribution is 0.626. The van der Waals surface area contributed by atoms with E-state index in [1.54, 1.807) is 35.2 Å². The smallest absolute Gasteiger partial charge is 0.182 e. The van der Waals surface area contributed by atoms with Gasteiger partial charge in [-0.1, -0.05) is 0 Å². The van der Waals surface area contributed by atoms with Gasteiger partial charge >= 0.3 is 0 Å². The van der Waals surface area contributed by atoms with Gasteiger partial charge in [0.1, 0.15) is 5.82 Å². The van der Waals surface area contributed by atoms with Gasteiger partial charge < -0.3 is 5.32 Å². The molecule has 1 aromatic heterocycles. The molecule has 1 heterocycles. The normalized spacial score (nSPS) is 10.5. The van der Waals surface area contributed by atoms with E-state index in [4.69, 9.17) is 0 Å². The quantitative estimate of drug-likeness (QED) is 0.829. The highest BCUT2D eigenvalue weighted by atomic mass is 32.2. The fourth-order valence-electron chi connectivity index (χ4n) is 1.29. The second-order valence-electron chi connectivity index (χ2n) is 3.40. The molecule has 0 bridgehead atoms. The number of thiazole rings is 1. The van der Waals surface area contributed by atoms with Crippen LogP contribution in [0.15, 0.2) is 35.4 Å². The topological polar surface area (TPSA) is 24.9 Å². The molecule has 5 heteroatoms. The summed E-state index contributed by atoms with van der Waals surface area (Å²) in [5.41, 5.74) is 0. The van der Waals surface area contributed by atoms with Crippen molar-refractivity contribution in [2.75, 3.05) is 11.9 Å². The number of nitrogens with one attached hydrogen (secondary N) is 1. The molecule has 90 valence electrons. The van der Waals surface area contributed by atoms with E-state index in [0.717, 1.165) is 22.3 Å². The Bertz CT molecular complexity index is 468. The molecule has 1 aromatic carbocycles. The van der Waals surface area contributed by atoms with E-state index >= 15 is 0 Å². The van der Waals surface area contributed by atoms with E-state index in [1.165, 1.54) is 17.0 Å². The molecule has 2 aromatic rings. The molecular weight excluding hydrogens is 255 g/mol. The third-order valence-electron chi connectivity index (χ3n) is 2.08. The van der Waals surface area contributed by atoms with E-state index in [-0.39, 0.29) is 5.82 Å². The Morgan fingerprint density at radius 3 is 2.82 bits per heavy atom. The molecule has 0 fully saturated rings. The monoisotopic (exact) mass is 268 g/mol. The molecular formula is C12H13FN2S2. The molecule has 0 atom stereocenters. The van der Waals surface area contributed by atoms with Crippen LogP contribution >= 0.6 is 23.1 Å². The van der Waals surface area contributed by atoms with Crippen LogP contribution in [0.2, 0.25) is 0 Å². The Hall–Kier alpha value is -1.07. The van der Waals surface area contributed by atoms with Gasteiger partial charge in [-0.3, -0.25) is 0 Å². The van der Waals surface area contributed by atoms with Crippen molar-refractivity contribution in [3.8, 4) is 0 Å². The van der Waals surface area contributed by atoms with Crippen LogP contribution < -0.4 is 5.32 Å². The largest absolute Gasteiger partial charge is 0.362 e. The maximum Gasteiger partial charge on any atom is 0.182 e. The summed E-state index contributed by atoms with van der Waals surface area (Å²) in [6.45, 7) is 2.94.